The largest absolute Gasteiger partial charge is 0.478 e. The zero-order valence-electron chi connectivity index (χ0n) is 7.93. The third-order valence-electron chi connectivity index (χ3n) is 1.85. The van der Waals surface area contributed by atoms with Gasteiger partial charge in [0.2, 0.25) is 0 Å². The van der Waals surface area contributed by atoms with E-state index in [4.69, 9.17) is 5.11 Å². The molecule has 0 aromatic carbocycles. The Morgan fingerprint density at radius 3 is 3.14 bits per heavy atom. The molecule has 1 heterocycles. The van der Waals surface area contributed by atoms with Crippen molar-refractivity contribution in [3.63, 3.8) is 0 Å². The van der Waals surface area contributed by atoms with Gasteiger partial charge >= 0.3 is 5.97 Å². The second-order valence-corrected chi connectivity index (χ2v) is 3.71. The van der Waals surface area contributed by atoms with Crippen molar-refractivity contribution in [1.82, 2.24) is 5.32 Å². The first-order valence-electron chi connectivity index (χ1n) is 4.35. The lowest BCUT2D eigenvalue weighted by Gasteiger charge is -2.09. The van der Waals surface area contributed by atoms with Gasteiger partial charge in [-0.15, -0.1) is 0 Å². The van der Waals surface area contributed by atoms with E-state index in [0.717, 1.165) is 6.08 Å². The van der Waals surface area contributed by atoms with Crippen molar-refractivity contribution in [1.29, 1.82) is 0 Å². The Kier molecular flexibility index (Phi) is 4.35. The zero-order valence-corrected chi connectivity index (χ0v) is 8.75. The Morgan fingerprint density at radius 1 is 1.79 bits per heavy atom. The summed E-state index contributed by atoms with van der Waals surface area (Å²) in [4.78, 5) is 10.2. The molecule has 0 aliphatic rings. The van der Waals surface area contributed by atoms with Crippen LogP contribution in [0, 0.1) is 0 Å². The molecule has 2 N–H and O–H groups in total. The van der Waals surface area contributed by atoms with Crippen molar-refractivity contribution in [3.05, 3.63) is 34.5 Å². The number of carboxylic acids is 1. The van der Waals surface area contributed by atoms with Gasteiger partial charge in [0.05, 0.1) is 0 Å². The first-order chi connectivity index (χ1) is 6.70. The highest BCUT2D eigenvalue weighted by Gasteiger charge is 2.02. The lowest BCUT2D eigenvalue weighted by atomic mass is 10.2. The molecule has 1 aromatic rings. The molecule has 0 fully saturated rings. The molecule has 0 bridgehead atoms. The van der Waals surface area contributed by atoms with Gasteiger partial charge in [0.25, 0.3) is 0 Å². The van der Waals surface area contributed by atoms with Crippen molar-refractivity contribution < 1.29 is 9.90 Å². The number of carboxylic acid groups (broad SMARTS) is 1. The monoisotopic (exact) mass is 211 g/mol. The van der Waals surface area contributed by atoms with Crippen molar-refractivity contribution in [2.75, 3.05) is 6.54 Å². The molecule has 0 spiro atoms. The Bertz CT molecular complexity index is 306. The molecule has 14 heavy (non-hydrogen) atoms. The van der Waals surface area contributed by atoms with Gasteiger partial charge in [-0.25, -0.2) is 4.79 Å². The normalized spacial score (nSPS) is 13.2. The summed E-state index contributed by atoms with van der Waals surface area (Å²) in [6, 6.07) is 2.32. The van der Waals surface area contributed by atoms with Gasteiger partial charge in [0.1, 0.15) is 0 Å². The minimum atomic E-state index is -0.907. The maximum absolute atomic E-state index is 10.2. The molecule has 0 aliphatic carbocycles. The highest BCUT2D eigenvalue weighted by Crippen LogP contribution is 2.14. The van der Waals surface area contributed by atoms with Gasteiger partial charge in [-0.05, 0) is 29.3 Å². The number of carbonyl (C=O) groups is 1. The molecule has 3 nitrogen and oxygen atoms in total. The molecular formula is C10H13NO2S. The Morgan fingerprint density at radius 2 is 2.57 bits per heavy atom. The van der Waals surface area contributed by atoms with Crippen LogP contribution in [0.4, 0.5) is 0 Å². The second-order valence-electron chi connectivity index (χ2n) is 2.93. The zero-order chi connectivity index (χ0) is 10.4. The Hall–Kier alpha value is -1.13. The van der Waals surface area contributed by atoms with Crippen LogP contribution in [-0.4, -0.2) is 17.6 Å². The fourth-order valence-electron chi connectivity index (χ4n) is 1.04. The summed E-state index contributed by atoms with van der Waals surface area (Å²) in [5.74, 6) is -0.907. The van der Waals surface area contributed by atoms with Crippen LogP contribution in [0.3, 0.4) is 0 Å². The Labute approximate surface area is 87.1 Å². The molecular weight excluding hydrogens is 198 g/mol. The van der Waals surface area contributed by atoms with Gasteiger partial charge in [-0.2, -0.15) is 11.3 Å². The number of thiophene rings is 1. The molecule has 76 valence electrons. The number of aliphatic carboxylic acids is 1. The van der Waals surface area contributed by atoms with Gasteiger partial charge in [0, 0.05) is 18.7 Å². The maximum atomic E-state index is 10.2. The van der Waals surface area contributed by atoms with Crippen molar-refractivity contribution in [2.45, 2.75) is 13.0 Å². The molecule has 0 saturated carbocycles. The SMILES string of the molecule is CC(NC/C=C/C(=O)O)c1ccsc1. The molecule has 0 amide bonds. The van der Waals surface area contributed by atoms with E-state index in [9.17, 15) is 4.79 Å². The molecule has 0 saturated heterocycles. The van der Waals surface area contributed by atoms with Crippen LogP contribution in [-0.2, 0) is 4.79 Å². The van der Waals surface area contributed by atoms with Crippen LogP contribution in [0.25, 0.3) is 0 Å². The van der Waals surface area contributed by atoms with Crippen LogP contribution in [0.5, 0.6) is 0 Å². The third kappa shape index (κ3) is 3.72. The molecule has 0 radical (unpaired) electrons. The number of nitrogens with one attached hydrogen (secondary N) is 1. The quantitative estimate of drug-likeness (QED) is 0.733. The smallest absolute Gasteiger partial charge is 0.328 e. The van der Waals surface area contributed by atoms with Crippen molar-refractivity contribution in [3.8, 4) is 0 Å². The summed E-state index contributed by atoms with van der Waals surface area (Å²) in [7, 11) is 0. The van der Waals surface area contributed by atoms with Crippen LogP contribution < -0.4 is 5.32 Å². The van der Waals surface area contributed by atoms with Crippen LogP contribution in [0.1, 0.15) is 18.5 Å². The highest BCUT2D eigenvalue weighted by atomic mass is 32.1. The predicted molar refractivity (Wildman–Crippen MR) is 57.5 cm³/mol. The van der Waals surface area contributed by atoms with Gasteiger partial charge in [0.15, 0.2) is 0 Å². The predicted octanol–water partition coefficient (Wildman–Crippen LogP) is 2.04. The topological polar surface area (TPSA) is 49.3 Å². The van der Waals surface area contributed by atoms with Crippen LogP contribution >= 0.6 is 11.3 Å². The standard InChI is InChI=1S/C10H13NO2S/c1-8(9-4-6-14-7-9)11-5-2-3-10(12)13/h2-4,6-8,11H,5H2,1H3,(H,12,13)/b3-2+. The summed E-state index contributed by atoms with van der Waals surface area (Å²) < 4.78 is 0. The fraction of sp³-hybridized carbons (Fsp3) is 0.300. The van der Waals surface area contributed by atoms with Crippen molar-refractivity contribution in [2.24, 2.45) is 0 Å². The molecule has 1 rings (SSSR count). The van der Waals surface area contributed by atoms with Gasteiger partial charge < -0.3 is 10.4 Å². The summed E-state index contributed by atoms with van der Waals surface area (Å²) >= 11 is 1.66. The lowest BCUT2D eigenvalue weighted by molar-refractivity contribution is -0.131. The number of hydrogen-bond donors (Lipinski definition) is 2. The summed E-state index contributed by atoms with van der Waals surface area (Å²) in [5.41, 5.74) is 1.23. The van der Waals surface area contributed by atoms with E-state index in [0.29, 0.717) is 6.54 Å². The minimum Gasteiger partial charge on any atom is -0.478 e. The fourth-order valence-corrected chi connectivity index (χ4v) is 1.80. The summed E-state index contributed by atoms with van der Waals surface area (Å²) in [6.45, 7) is 2.62. The number of rotatable bonds is 5. The van der Waals surface area contributed by atoms with Crippen molar-refractivity contribution >= 4 is 17.3 Å². The number of hydrogen-bond acceptors (Lipinski definition) is 3. The third-order valence-corrected chi connectivity index (χ3v) is 2.55. The summed E-state index contributed by atoms with van der Waals surface area (Å²) in [6.07, 6.45) is 2.75. The van der Waals surface area contributed by atoms with E-state index in [1.807, 2.05) is 5.38 Å². The highest BCUT2D eigenvalue weighted by molar-refractivity contribution is 7.07. The average molecular weight is 211 g/mol. The first-order valence-corrected chi connectivity index (χ1v) is 5.29. The Balaban J connectivity index is 2.29. The first kappa shape index (κ1) is 10.9. The second kappa shape index (κ2) is 5.57. The van der Waals surface area contributed by atoms with E-state index in [1.165, 1.54) is 5.56 Å². The van der Waals surface area contributed by atoms with Gasteiger partial charge in [-0.3, -0.25) is 0 Å². The van der Waals surface area contributed by atoms with E-state index in [-0.39, 0.29) is 6.04 Å². The van der Waals surface area contributed by atoms with E-state index in [1.54, 1.807) is 17.4 Å². The van der Waals surface area contributed by atoms with Gasteiger partial charge in [-0.1, -0.05) is 6.08 Å². The van der Waals surface area contributed by atoms with Crippen LogP contribution in [0.2, 0.25) is 0 Å². The lowest BCUT2D eigenvalue weighted by Crippen LogP contribution is -2.18. The maximum Gasteiger partial charge on any atom is 0.328 e. The molecule has 4 heteroatoms. The van der Waals surface area contributed by atoms with E-state index >= 15 is 0 Å². The van der Waals surface area contributed by atoms with E-state index < -0.39 is 5.97 Å². The molecule has 1 atom stereocenters. The minimum absolute atomic E-state index is 0.264. The molecule has 1 unspecified atom stereocenters. The van der Waals surface area contributed by atoms with E-state index in [2.05, 4.69) is 23.7 Å². The average Bonchev–Trinajstić information content (AvgIpc) is 2.64. The summed E-state index contributed by atoms with van der Waals surface area (Å²) in [5, 5.41) is 15.7. The van der Waals surface area contributed by atoms with Crippen LogP contribution in [0.15, 0.2) is 29.0 Å². The molecule has 0 aliphatic heterocycles. The molecule has 1 aromatic heterocycles.